The highest BCUT2D eigenvalue weighted by Gasteiger charge is 2.10. The number of carboxylic acid groups (broad SMARTS) is 2. The fraction of sp³-hybridized carbons (Fsp3) is 0.882. The molecule has 6 heteroatoms. The highest BCUT2D eigenvalue weighted by molar-refractivity contribution is 5.67. The quantitative estimate of drug-likeness (QED) is 0.408. The molecule has 138 valence electrons. The van der Waals surface area contributed by atoms with Crippen molar-refractivity contribution in [1.82, 2.24) is 0 Å². The van der Waals surface area contributed by atoms with E-state index in [1.807, 2.05) is 0 Å². The van der Waals surface area contributed by atoms with Crippen LogP contribution in [0.2, 0.25) is 0 Å². The van der Waals surface area contributed by atoms with Gasteiger partial charge in [0.2, 0.25) is 0 Å². The number of hydrogen-bond acceptors (Lipinski definition) is 4. The smallest absolute Gasteiger partial charge is 0.305 e. The molecule has 0 rings (SSSR count). The summed E-state index contributed by atoms with van der Waals surface area (Å²) in [4.78, 5) is 20.2. The Morgan fingerprint density at radius 2 is 1.30 bits per heavy atom. The van der Waals surface area contributed by atoms with Crippen LogP contribution in [0, 0.1) is 5.92 Å². The molecule has 0 spiro atoms. The molecule has 0 aromatic rings. The molecule has 0 aromatic heterocycles. The molecule has 0 radical (unpaired) electrons. The van der Waals surface area contributed by atoms with E-state index in [1.165, 1.54) is 0 Å². The number of unbranched alkanes of at least 4 members (excludes halogenated alkanes) is 2. The molecular weight excluding hydrogens is 300 g/mol. The second-order valence-corrected chi connectivity index (χ2v) is 6.09. The molecule has 0 heterocycles. The first-order valence-electron chi connectivity index (χ1n) is 8.52. The molecule has 0 aliphatic carbocycles. The molecule has 0 aliphatic heterocycles. The van der Waals surface area contributed by atoms with Crippen molar-refractivity contribution in [1.29, 1.82) is 0 Å². The van der Waals surface area contributed by atoms with E-state index in [1.54, 1.807) is 0 Å². The molecule has 0 aliphatic rings. The lowest BCUT2D eigenvalue weighted by Gasteiger charge is -2.11. The van der Waals surface area contributed by atoms with Crippen molar-refractivity contribution in [3.63, 3.8) is 0 Å². The Kier molecular flexibility index (Phi) is 16.5. The van der Waals surface area contributed by atoms with Crippen LogP contribution < -0.4 is 0 Å². The van der Waals surface area contributed by atoms with Crippen LogP contribution in [-0.4, -0.2) is 44.6 Å². The second kappa shape index (κ2) is 15.7. The Balaban J connectivity index is 0. The Labute approximate surface area is 139 Å². The SMILES string of the molecule is CCC(C)CCC(O)CC(=O)O.CCCCCC(O)CC(=O)O. The highest BCUT2D eigenvalue weighted by atomic mass is 16.4. The fourth-order valence-corrected chi connectivity index (χ4v) is 1.92. The maximum atomic E-state index is 10.2. The molecule has 23 heavy (non-hydrogen) atoms. The van der Waals surface area contributed by atoms with Gasteiger partial charge in [-0.05, 0) is 25.2 Å². The fourth-order valence-electron chi connectivity index (χ4n) is 1.92. The summed E-state index contributed by atoms with van der Waals surface area (Å²) in [5, 5.41) is 34.9. The van der Waals surface area contributed by atoms with E-state index in [-0.39, 0.29) is 12.8 Å². The van der Waals surface area contributed by atoms with Crippen molar-refractivity contribution in [3.05, 3.63) is 0 Å². The average molecular weight is 334 g/mol. The molecule has 3 atom stereocenters. The number of aliphatic hydroxyl groups excluding tert-OH is 2. The molecule has 6 nitrogen and oxygen atoms in total. The third-order valence-corrected chi connectivity index (χ3v) is 3.65. The molecule has 0 fully saturated rings. The van der Waals surface area contributed by atoms with Crippen LogP contribution in [0.15, 0.2) is 0 Å². The average Bonchev–Trinajstić information content (AvgIpc) is 2.44. The van der Waals surface area contributed by atoms with Gasteiger partial charge in [0.05, 0.1) is 25.0 Å². The molecular formula is C17H34O6. The zero-order chi connectivity index (χ0) is 18.3. The number of rotatable bonds is 12. The van der Waals surface area contributed by atoms with E-state index in [0.717, 1.165) is 32.1 Å². The minimum absolute atomic E-state index is 0.121. The molecule has 3 unspecified atom stereocenters. The van der Waals surface area contributed by atoms with E-state index < -0.39 is 24.1 Å². The van der Waals surface area contributed by atoms with E-state index >= 15 is 0 Å². The van der Waals surface area contributed by atoms with Crippen LogP contribution in [0.3, 0.4) is 0 Å². The number of hydrogen-bond donors (Lipinski definition) is 4. The minimum atomic E-state index is -0.924. The van der Waals surface area contributed by atoms with Gasteiger partial charge in [-0.1, -0.05) is 46.5 Å². The zero-order valence-electron chi connectivity index (χ0n) is 14.7. The monoisotopic (exact) mass is 334 g/mol. The molecule has 0 amide bonds. The first kappa shape index (κ1) is 24.1. The van der Waals surface area contributed by atoms with Gasteiger partial charge in [0.1, 0.15) is 0 Å². The van der Waals surface area contributed by atoms with Crippen LogP contribution in [-0.2, 0) is 9.59 Å². The summed E-state index contributed by atoms with van der Waals surface area (Å²) in [6.07, 6.45) is 4.71. The summed E-state index contributed by atoms with van der Waals surface area (Å²) < 4.78 is 0. The molecule has 0 bridgehead atoms. The summed E-state index contributed by atoms with van der Waals surface area (Å²) in [6, 6.07) is 0. The third-order valence-electron chi connectivity index (χ3n) is 3.65. The maximum absolute atomic E-state index is 10.2. The zero-order valence-corrected chi connectivity index (χ0v) is 14.7. The van der Waals surface area contributed by atoms with Gasteiger partial charge in [-0.2, -0.15) is 0 Å². The van der Waals surface area contributed by atoms with Crippen LogP contribution in [0.25, 0.3) is 0 Å². The van der Waals surface area contributed by atoms with Crippen molar-refractivity contribution in [2.75, 3.05) is 0 Å². The van der Waals surface area contributed by atoms with Gasteiger partial charge in [-0.15, -0.1) is 0 Å². The van der Waals surface area contributed by atoms with Crippen LogP contribution in [0.1, 0.15) is 78.6 Å². The molecule has 0 saturated carbocycles. The lowest BCUT2D eigenvalue weighted by Crippen LogP contribution is -2.13. The normalized spacial score (nSPS) is 14.3. The maximum Gasteiger partial charge on any atom is 0.305 e. The highest BCUT2D eigenvalue weighted by Crippen LogP contribution is 2.12. The van der Waals surface area contributed by atoms with Crippen molar-refractivity contribution in [2.45, 2.75) is 90.8 Å². The summed E-state index contributed by atoms with van der Waals surface area (Å²) >= 11 is 0. The van der Waals surface area contributed by atoms with Crippen molar-refractivity contribution < 1.29 is 30.0 Å². The summed E-state index contributed by atoms with van der Waals surface area (Å²) in [5.74, 6) is -1.27. The largest absolute Gasteiger partial charge is 0.481 e. The molecule has 4 N–H and O–H groups in total. The first-order valence-corrected chi connectivity index (χ1v) is 8.52. The Morgan fingerprint density at radius 3 is 1.70 bits per heavy atom. The Bertz CT molecular complexity index is 305. The topological polar surface area (TPSA) is 115 Å². The van der Waals surface area contributed by atoms with Crippen LogP contribution in [0.5, 0.6) is 0 Å². The third kappa shape index (κ3) is 20.9. The Hall–Kier alpha value is -1.14. The van der Waals surface area contributed by atoms with Crippen LogP contribution >= 0.6 is 0 Å². The predicted molar refractivity (Wildman–Crippen MR) is 89.4 cm³/mol. The lowest BCUT2D eigenvalue weighted by molar-refractivity contribution is -0.140. The van der Waals surface area contributed by atoms with E-state index in [4.69, 9.17) is 15.3 Å². The van der Waals surface area contributed by atoms with Gasteiger partial charge in [-0.3, -0.25) is 9.59 Å². The molecule has 0 aromatic carbocycles. The van der Waals surface area contributed by atoms with Gasteiger partial charge in [0, 0.05) is 0 Å². The molecule has 0 saturated heterocycles. The van der Waals surface area contributed by atoms with E-state index in [9.17, 15) is 14.7 Å². The lowest BCUT2D eigenvalue weighted by atomic mass is 9.99. The second-order valence-electron chi connectivity index (χ2n) is 6.09. The van der Waals surface area contributed by atoms with E-state index in [2.05, 4.69) is 20.8 Å². The van der Waals surface area contributed by atoms with E-state index in [0.29, 0.717) is 18.8 Å². The van der Waals surface area contributed by atoms with Gasteiger partial charge in [0.25, 0.3) is 0 Å². The number of aliphatic hydroxyl groups is 2. The number of aliphatic carboxylic acids is 2. The van der Waals surface area contributed by atoms with Gasteiger partial charge in [-0.25, -0.2) is 0 Å². The number of carbonyl (C=O) groups is 2. The minimum Gasteiger partial charge on any atom is -0.481 e. The van der Waals surface area contributed by atoms with Gasteiger partial charge >= 0.3 is 11.9 Å². The van der Waals surface area contributed by atoms with Crippen LogP contribution in [0.4, 0.5) is 0 Å². The summed E-state index contributed by atoms with van der Waals surface area (Å²) in [5.41, 5.74) is 0. The first-order chi connectivity index (χ1) is 10.7. The number of carboxylic acids is 2. The Morgan fingerprint density at radius 1 is 0.826 bits per heavy atom. The summed E-state index contributed by atoms with van der Waals surface area (Å²) in [6.45, 7) is 6.27. The van der Waals surface area contributed by atoms with Crippen molar-refractivity contribution in [3.8, 4) is 0 Å². The standard InChI is InChI=1S/C9H18O3.C8H16O3/c1-3-7(2)4-5-8(10)6-9(11)12;1-2-3-4-5-7(9)6-8(10)11/h7-8,10H,3-6H2,1-2H3,(H,11,12);7,9H,2-6H2,1H3,(H,10,11). The van der Waals surface area contributed by atoms with Gasteiger partial charge in [0.15, 0.2) is 0 Å². The van der Waals surface area contributed by atoms with Crippen molar-refractivity contribution >= 4 is 11.9 Å². The summed E-state index contributed by atoms with van der Waals surface area (Å²) in [7, 11) is 0. The van der Waals surface area contributed by atoms with Gasteiger partial charge < -0.3 is 20.4 Å². The predicted octanol–water partition coefficient (Wildman–Crippen LogP) is 3.05. The van der Waals surface area contributed by atoms with Crippen molar-refractivity contribution in [2.24, 2.45) is 5.92 Å².